The third kappa shape index (κ3) is 4.20. The number of nitrogens with zero attached hydrogens (tertiary/aromatic N) is 1. The molecule has 5 aliphatic rings. The van der Waals surface area contributed by atoms with Gasteiger partial charge >= 0.3 is 6.18 Å². The summed E-state index contributed by atoms with van der Waals surface area (Å²) in [4.78, 5) is 12.5. The van der Waals surface area contributed by atoms with Gasteiger partial charge in [-0.1, -0.05) is 12.1 Å². The lowest BCUT2D eigenvalue weighted by Crippen LogP contribution is -2.54. The molecule has 6 rings (SSSR count). The van der Waals surface area contributed by atoms with Gasteiger partial charge in [0.1, 0.15) is 0 Å². The van der Waals surface area contributed by atoms with E-state index in [0.717, 1.165) is 31.4 Å². The molecule has 1 aliphatic heterocycles. The number of halogens is 3. The van der Waals surface area contributed by atoms with Crippen LogP contribution in [0.25, 0.3) is 0 Å². The molecule has 4 saturated carbocycles. The molecule has 1 aromatic carbocycles. The van der Waals surface area contributed by atoms with Crippen LogP contribution < -0.4 is 5.32 Å². The first kappa shape index (κ1) is 23.1. The molecule has 1 amide bonds. The van der Waals surface area contributed by atoms with Crippen molar-refractivity contribution in [2.24, 2.45) is 23.2 Å². The van der Waals surface area contributed by atoms with Gasteiger partial charge in [-0.25, -0.2) is 8.42 Å². The van der Waals surface area contributed by atoms with Gasteiger partial charge in [-0.3, -0.25) is 4.79 Å². The molecule has 1 atom stereocenters. The molecule has 0 aromatic heterocycles. The lowest BCUT2D eigenvalue weighted by Gasteiger charge is -2.55. The summed E-state index contributed by atoms with van der Waals surface area (Å²) < 4.78 is 67.9. The Balaban J connectivity index is 1.25. The molecule has 5 fully saturated rings. The molecule has 1 N–H and O–H groups in total. The van der Waals surface area contributed by atoms with Crippen LogP contribution in [0.2, 0.25) is 0 Å². The SMILES string of the molecule is O=C(NCCC1CCCN1S(=O)(=O)c1ccccc1C(F)(F)F)C12CC3CC(CC(C3)C1)C2. The Labute approximate surface area is 193 Å². The maximum absolute atomic E-state index is 13.4. The Morgan fingerprint density at radius 2 is 1.67 bits per heavy atom. The molecule has 33 heavy (non-hydrogen) atoms. The van der Waals surface area contributed by atoms with Crippen LogP contribution >= 0.6 is 0 Å². The number of benzene rings is 1. The average Bonchev–Trinajstić information content (AvgIpc) is 3.21. The highest BCUT2D eigenvalue weighted by molar-refractivity contribution is 7.89. The highest BCUT2D eigenvalue weighted by atomic mass is 32.2. The van der Waals surface area contributed by atoms with Crippen molar-refractivity contribution in [3.05, 3.63) is 29.8 Å². The number of carbonyl (C=O) groups excluding carboxylic acids is 1. The van der Waals surface area contributed by atoms with Crippen LogP contribution in [-0.2, 0) is 21.0 Å². The van der Waals surface area contributed by atoms with Crippen LogP contribution in [0, 0.1) is 23.2 Å². The number of hydrogen-bond donors (Lipinski definition) is 1. The average molecular weight is 485 g/mol. The lowest BCUT2D eigenvalue weighted by atomic mass is 9.49. The zero-order valence-corrected chi connectivity index (χ0v) is 19.4. The monoisotopic (exact) mass is 484 g/mol. The Kier molecular flexibility index (Phi) is 5.79. The number of hydrogen-bond acceptors (Lipinski definition) is 3. The summed E-state index contributed by atoms with van der Waals surface area (Å²) in [6, 6.07) is 3.95. The second-order valence-corrected chi connectivity index (χ2v) is 12.5. The van der Waals surface area contributed by atoms with Crippen LogP contribution in [0.5, 0.6) is 0 Å². The van der Waals surface area contributed by atoms with Crippen LogP contribution in [0.15, 0.2) is 29.2 Å². The van der Waals surface area contributed by atoms with E-state index in [1.54, 1.807) is 0 Å². The normalized spacial score (nSPS) is 34.0. The molecular weight excluding hydrogens is 453 g/mol. The first-order valence-electron chi connectivity index (χ1n) is 12.0. The first-order chi connectivity index (χ1) is 15.6. The standard InChI is InChI=1S/C24H31F3N2O3S/c25-24(26,27)20-5-1-2-6-21(20)33(31,32)29-9-3-4-19(29)7-8-28-22(30)23-13-16-10-17(14-23)12-18(11-16)15-23/h1-2,5-6,16-19H,3-4,7-15H2,(H,28,30). The van der Waals surface area contributed by atoms with Gasteiger partial charge in [-0.2, -0.15) is 17.5 Å². The summed E-state index contributed by atoms with van der Waals surface area (Å²) in [6.45, 7) is 0.542. The van der Waals surface area contributed by atoms with Crippen molar-refractivity contribution < 1.29 is 26.4 Å². The fourth-order valence-electron chi connectivity index (χ4n) is 7.39. The predicted octanol–water partition coefficient (Wildman–Crippen LogP) is 4.58. The number of alkyl halides is 3. The van der Waals surface area contributed by atoms with Gasteiger partial charge in [0.15, 0.2) is 0 Å². The fourth-order valence-corrected chi connectivity index (χ4v) is 9.33. The molecule has 1 heterocycles. The minimum absolute atomic E-state index is 0.0939. The molecule has 9 heteroatoms. The number of amides is 1. The van der Waals surface area contributed by atoms with E-state index in [2.05, 4.69) is 5.32 Å². The quantitative estimate of drug-likeness (QED) is 0.643. The van der Waals surface area contributed by atoms with Crippen molar-refractivity contribution in [3.63, 3.8) is 0 Å². The van der Waals surface area contributed by atoms with Gasteiger partial charge in [-0.15, -0.1) is 0 Å². The van der Waals surface area contributed by atoms with Gasteiger partial charge in [-0.05, 0) is 87.7 Å². The van der Waals surface area contributed by atoms with E-state index >= 15 is 0 Å². The Hall–Kier alpha value is -1.61. The number of nitrogens with one attached hydrogen (secondary N) is 1. The fraction of sp³-hybridized carbons (Fsp3) is 0.708. The van der Waals surface area contributed by atoms with Gasteiger partial charge in [0.25, 0.3) is 0 Å². The van der Waals surface area contributed by atoms with Crippen molar-refractivity contribution in [1.82, 2.24) is 9.62 Å². The highest BCUT2D eigenvalue weighted by Crippen LogP contribution is 2.60. The molecular formula is C24H31F3N2O3S. The minimum Gasteiger partial charge on any atom is -0.356 e. The smallest absolute Gasteiger partial charge is 0.356 e. The van der Waals surface area contributed by atoms with Crippen molar-refractivity contribution >= 4 is 15.9 Å². The summed E-state index contributed by atoms with van der Waals surface area (Å²) in [7, 11) is -4.29. The molecule has 5 nitrogen and oxygen atoms in total. The van der Waals surface area contributed by atoms with Crippen molar-refractivity contribution in [3.8, 4) is 0 Å². The van der Waals surface area contributed by atoms with Gasteiger partial charge < -0.3 is 5.32 Å². The topological polar surface area (TPSA) is 66.5 Å². The largest absolute Gasteiger partial charge is 0.417 e. The molecule has 4 aliphatic carbocycles. The number of carbonyl (C=O) groups is 1. The second kappa shape index (κ2) is 8.26. The van der Waals surface area contributed by atoms with Gasteiger partial charge in [0, 0.05) is 24.5 Å². The highest BCUT2D eigenvalue weighted by Gasteiger charge is 2.54. The predicted molar refractivity (Wildman–Crippen MR) is 117 cm³/mol. The third-order valence-corrected chi connectivity index (χ3v) is 10.4. The van der Waals surface area contributed by atoms with Crippen LogP contribution in [0.1, 0.15) is 63.4 Å². The summed E-state index contributed by atoms with van der Waals surface area (Å²) >= 11 is 0. The summed E-state index contributed by atoms with van der Waals surface area (Å²) in [5.41, 5.74) is -1.40. The van der Waals surface area contributed by atoms with E-state index < -0.39 is 32.7 Å². The van der Waals surface area contributed by atoms with Crippen LogP contribution in [0.4, 0.5) is 13.2 Å². The first-order valence-corrected chi connectivity index (χ1v) is 13.5. The Morgan fingerprint density at radius 3 is 2.27 bits per heavy atom. The van der Waals surface area contributed by atoms with Crippen molar-refractivity contribution in [2.75, 3.05) is 13.1 Å². The maximum Gasteiger partial charge on any atom is 0.417 e. The maximum atomic E-state index is 13.4. The molecule has 0 spiro atoms. The van der Waals surface area contributed by atoms with E-state index in [0.29, 0.717) is 43.6 Å². The molecule has 1 unspecified atom stereocenters. The van der Waals surface area contributed by atoms with Gasteiger partial charge in [0.2, 0.25) is 15.9 Å². The van der Waals surface area contributed by atoms with Crippen LogP contribution in [-0.4, -0.2) is 37.8 Å². The molecule has 4 bridgehead atoms. The molecule has 1 saturated heterocycles. The zero-order valence-electron chi connectivity index (χ0n) is 18.6. The molecule has 0 radical (unpaired) electrons. The molecule has 1 aromatic rings. The molecule has 182 valence electrons. The summed E-state index contributed by atoms with van der Waals surface area (Å²) in [6.07, 6.45) is 3.48. The summed E-state index contributed by atoms with van der Waals surface area (Å²) in [5, 5.41) is 3.07. The number of rotatable bonds is 6. The van der Waals surface area contributed by atoms with Crippen molar-refractivity contribution in [1.29, 1.82) is 0 Å². The van der Waals surface area contributed by atoms with E-state index in [4.69, 9.17) is 0 Å². The second-order valence-electron chi connectivity index (χ2n) is 10.6. The van der Waals surface area contributed by atoms with E-state index in [1.807, 2.05) is 0 Å². The van der Waals surface area contributed by atoms with Gasteiger partial charge in [0.05, 0.1) is 10.5 Å². The Morgan fingerprint density at radius 1 is 1.06 bits per heavy atom. The van der Waals surface area contributed by atoms with Crippen LogP contribution in [0.3, 0.4) is 0 Å². The third-order valence-electron chi connectivity index (χ3n) is 8.39. The van der Waals surface area contributed by atoms with E-state index in [-0.39, 0.29) is 17.9 Å². The Bertz CT molecular complexity index is 989. The lowest BCUT2D eigenvalue weighted by molar-refractivity contribution is -0.146. The zero-order chi connectivity index (χ0) is 23.4. The number of sulfonamides is 1. The summed E-state index contributed by atoms with van der Waals surface area (Å²) in [5.74, 6) is 2.07. The minimum atomic E-state index is -4.75. The van der Waals surface area contributed by atoms with Crippen molar-refractivity contribution in [2.45, 2.75) is 74.9 Å². The van der Waals surface area contributed by atoms with E-state index in [9.17, 15) is 26.4 Å². The van der Waals surface area contributed by atoms with E-state index in [1.165, 1.54) is 35.7 Å².